The molecule has 0 saturated carbocycles. The number of nitrogens with one attached hydrogen (secondary N) is 1. The van der Waals surface area contributed by atoms with E-state index in [1.165, 1.54) is 6.07 Å². The fourth-order valence-electron chi connectivity index (χ4n) is 1.66. The van der Waals surface area contributed by atoms with E-state index < -0.39 is 16.7 Å². The van der Waals surface area contributed by atoms with Crippen molar-refractivity contribution in [3.05, 3.63) is 63.4 Å². The number of carbonyl (C=O) groups excluding carboxylic acids is 1. The number of hydrogen-bond acceptors (Lipinski definition) is 5. The van der Waals surface area contributed by atoms with Gasteiger partial charge in [-0.3, -0.25) is 14.9 Å². The Morgan fingerprint density at radius 1 is 1.30 bits per heavy atom. The maximum absolute atomic E-state index is 11.7. The van der Waals surface area contributed by atoms with Gasteiger partial charge in [-0.05, 0) is 17.2 Å². The average Bonchev–Trinajstić information content (AvgIpc) is 2.95. The maximum Gasteiger partial charge on any atom is 0.433 e. The Kier molecular flexibility index (Phi) is 4.11. The highest BCUT2D eigenvalue weighted by molar-refractivity contribution is 5.91. The quantitative estimate of drug-likeness (QED) is 0.637. The summed E-state index contributed by atoms with van der Waals surface area (Å²) in [6, 6.07) is 9.46. The molecule has 20 heavy (non-hydrogen) atoms. The number of nitrogens with zero attached hydrogens (tertiary/aromatic N) is 1. The number of aliphatic hydroxyl groups excluding tert-OH is 1. The smallest absolute Gasteiger partial charge is 0.395 e. The van der Waals surface area contributed by atoms with Crippen molar-refractivity contribution in [1.29, 1.82) is 0 Å². The van der Waals surface area contributed by atoms with E-state index in [9.17, 15) is 14.9 Å². The molecule has 0 bridgehead atoms. The van der Waals surface area contributed by atoms with E-state index in [-0.39, 0.29) is 18.9 Å². The van der Waals surface area contributed by atoms with E-state index in [0.717, 1.165) is 17.2 Å². The largest absolute Gasteiger partial charge is 0.433 e. The van der Waals surface area contributed by atoms with Crippen molar-refractivity contribution in [3.8, 4) is 0 Å². The molecule has 0 aliphatic rings. The van der Waals surface area contributed by atoms with E-state index in [4.69, 9.17) is 9.52 Å². The molecule has 1 amide bonds. The third-order valence-electron chi connectivity index (χ3n) is 2.62. The Morgan fingerprint density at radius 3 is 2.70 bits per heavy atom. The SMILES string of the molecule is O=C(NCc1cccc(CO)c1)c1ccc([N+](=O)[O-])o1. The molecule has 2 aromatic rings. The summed E-state index contributed by atoms with van der Waals surface area (Å²) in [6.07, 6.45) is 0. The molecule has 0 spiro atoms. The second kappa shape index (κ2) is 5.98. The van der Waals surface area contributed by atoms with Crippen LogP contribution in [0.15, 0.2) is 40.8 Å². The Bertz CT molecular complexity index is 635. The van der Waals surface area contributed by atoms with E-state index in [0.29, 0.717) is 0 Å². The number of rotatable bonds is 5. The minimum Gasteiger partial charge on any atom is -0.395 e. The first kappa shape index (κ1) is 13.8. The second-order valence-electron chi connectivity index (χ2n) is 4.06. The third kappa shape index (κ3) is 3.21. The molecule has 2 N–H and O–H groups in total. The van der Waals surface area contributed by atoms with Crippen molar-refractivity contribution in [2.75, 3.05) is 0 Å². The van der Waals surface area contributed by atoms with Crippen LogP contribution in [0.3, 0.4) is 0 Å². The van der Waals surface area contributed by atoms with Gasteiger partial charge >= 0.3 is 5.88 Å². The lowest BCUT2D eigenvalue weighted by Gasteiger charge is -2.04. The zero-order valence-corrected chi connectivity index (χ0v) is 10.4. The van der Waals surface area contributed by atoms with Crippen LogP contribution in [-0.2, 0) is 13.2 Å². The minimum absolute atomic E-state index is 0.0772. The fraction of sp³-hybridized carbons (Fsp3) is 0.154. The lowest BCUT2D eigenvalue weighted by molar-refractivity contribution is -0.402. The zero-order chi connectivity index (χ0) is 14.5. The molecule has 1 heterocycles. The molecule has 7 heteroatoms. The standard InChI is InChI=1S/C13H12N2O5/c16-8-10-3-1-2-9(6-10)7-14-13(17)11-4-5-12(20-11)15(18)19/h1-6,16H,7-8H2,(H,14,17). The van der Waals surface area contributed by atoms with Crippen LogP contribution in [0.4, 0.5) is 5.88 Å². The normalized spacial score (nSPS) is 10.2. The highest BCUT2D eigenvalue weighted by Gasteiger charge is 2.16. The van der Waals surface area contributed by atoms with Crippen molar-refractivity contribution in [3.63, 3.8) is 0 Å². The number of aliphatic hydroxyl groups is 1. The number of carbonyl (C=O) groups is 1. The molecule has 7 nitrogen and oxygen atoms in total. The summed E-state index contributed by atoms with van der Waals surface area (Å²) in [5, 5.41) is 22.0. The summed E-state index contributed by atoms with van der Waals surface area (Å²) >= 11 is 0. The summed E-state index contributed by atoms with van der Waals surface area (Å²) in [4.78, 5) is 21.5. The van der Waals surface area contributed by atoms with Crippen LogP contribution in [0.25, 0.3) is 0 Å². The highest BCUT2D eigenvalue weighted by atomic mass is 16.6. The van der Waals surface area contributed by atoms with Crippen molar-refractivity contribution >= 4 is 11.8 Å². The molecule has 0 radical (unpaired) electrons. The Hall–Kier alpha value is -2.67. The molecule has 0 unspecified atom stereocenters. The maximum atomic E-state index is 11.7. The van der Waals surface area contributed by atoms with Crippen molar-refractivity contribution in [1.82, 2.24) is 5.32 Å². The van der Waals surface area contributed by atoms with E-state index in [1.54, 1.807) is 24.3 Å². The first-order valence-corrected chi connectivity index (χ1v) is 5.81. The summed E-state index contributed by atoms with van der Waals surface area (Å²) in [6.45, 7) is 0.160. The van der Waals surface area contributed by atoms with E-state index >= 15 is 0 Å². The van der Waals surface area contributed by atoms with Gasteiger partial charge in [-0.1, -0.05) is 24.3 Å². The van der Waals surface area contributed by atoms with Crippen LogP contribution >= 0.6 is 0 Å². The van der Waals surface area contributed by atoms with Crippen LogP contribution in [0.5, 0.6) is 0 Å². The van der Waals surface area contributed by atoms with E-state index in [1.807, 2.05) is 0 Å². The molecular weight excluding hydrogens is 264 g/mol. The highest BCUT2D eigenvalue weighted by Crippen LogP contribution is 2.15. The van der Waals surface area contributed by atoms with Gasteiger partial charge in [0.25, 0.3) is 5.91 Å². The van der Waals surface area contributed by atoms with Gasteiger partial charge in [0.1, 0.15) is 4.92 Å². The average molecular weight is 276 g/mol. The Morgan fingerprint density at radius 2 is 2.05 bits per heavy atom. The topological polar surface area (TPSA) is 106 Å². The van der Waals surface area contributed by atoms with Gasteiger partial charge in [-0.2, -0.15) is 0 Å². The predicted octanol–water partition coefficient (Wildman–Crippen LogP) is 1.61. The molecule has 0 aliphatic carbocycles. The first-order chi connectivity index (χ1) is 9.60. The third-order valence-corrected chi connectivity index (χ3v) is 2.62. The predicted molar refractivity (Wildman–Crippen MR) is 68.9 cm³/mol. The monoisotopic (exact) mass is 276 g/mol. The Labute approximate surface area is 114 Å². The van der Waals surface area contributed by atoms with Crippen LogP contribution in [0.1, 0.15) is 21.7 Å². The van der Waals surface area contributed by atoms with Gasteiger partial charge in [-0.15, -0.1) is 0 Å². The minimum atomic E-state index is -0.707. The Balaban J connectivity index is 1.98. The molecule has 1 aromatic heterocycles. The molecule has 0 saturated heterocycles. The molecule has 0 aliphatic heterocycles. The number of benzene rings is 1. The molecular formula is C13H12N2O5. The van der Waals surface area contributed by atoms with Crippen LogP contribution in [0.2, 0.25) is 0 Å². The number of amides is 1. The van der Waals surface area contributed by atoms with Crippen molar-refractivity contribution in [2.24, 2.45) is 0 Å². The van der Waals surface area contributed by atoms with Gasteiger partial charge in [0.2, 0.25) is 0 Å². The van der Waals surface area contributed by atoms with Gasteiger partial charge in [0, 0.05) is 6.54 Å². The molecule has 2 rings (SSSR count). The second-order valence-corrected chi connectivity index (χ2v) is 4.06. The van der Waals surface area contributed by atoms with Gasteiger partial charge in [0.15, 0.2) is 5.76 Å². The summed E-state index contributed by atoms with van der Waals surface area (Å²) in [7, 11) is 0. The van der Waals surface area contributed by atoms with Gasteiger partial charge < -0.3 is 14.8 Å². The lowest BCUT2D eigenvalue weighted by Crippen LogP contribution is -2.22. The number of hydrogen-bond donors (Lipinski definition) is 2. The van der Waals surface area contributed by atoms with Crippen LogP contribution in [0, 0.1) is 10.1 Å². The van der Waals surface area contributed by atoms with E-state index in [2.05, 4.69) is 5.32 Å². The first-order valence-electron chi connectivity index (χ1n) is 5.81. The molecule has 0 fully saturated rings. The number of furan rings is 1. The van der Waals surface area contributed by atoms with Crippen LogP contribution in [-0.4, -0.2) is 15.9 Å². The number of nitro groups is 1. The molecule has 104 valence electrons. The van der Waals surface area contributed by atoms with Gasteiger partial charge in [0.05, 0.1) is 12.7 Å². The fourth-order valence-corrected chi connectivity index (χ4v) is 1.66. The summed E-state index contributed by atoms with van der Waals surface area (Å²) < 4.78 is 4.79. The summed E-state index contributed by atoms with van der Waals surface area (Å²) in [5.74, 6) is -1.13. The van der Waals surface area contributed by atoms with Gasteiger partial charge in [-0.25, -0.2) is 0 Å². The zero-order valence-electron chi connectivity index (χ0n) is 10.4. The van der Waals surface area contributed by atoms with Crippen molar-refractivity contribution < 1.29 is 19.2 Å². The van der Waals surface area contributed by atoms with Crippen molar-refractivity contribution in [2.45, 2.75) is 13.2 Å². The molecule has 0 atom stereocenters. The van der Waals surface area contributed by atoms with Crippen LogP contribution < -0.4 is 5.32 Å². The lowest BCUT2D eigenvalue weighted by atomic mass is 10.1. The summed E-state index contributed by atoms with van der Waals surface area (Å²) in [5.41, 5.74) is 1.55. The molecule has 1 aromatic carbocycles.